The number of allylic oxidation sites excluding steroid dienone is 1. The molecule has 0 aliphatic carbocycles. The lowest BCUT2D eigenvalue weighted by Crippen LogP contribution is -2.46. The molecule has 4 heteroatoms. The van der Waals surface area contributed by atoms with Gasteiger partial charge in [0.15, 0.2) is 0 Å². The molecule has 0 aromatic rings. The summed E-state index contributed by atoms with van der Waals surface area (Å²) in [6.07, 6.45) is 4.92. The third-order valence-electron chi connectivity index (χ3n) is 2.83. The fourth-order valence-corrected chi connectivity index (χ4v) is 1.86. The van der Waals surface area contributed by atoms with Crippen LogP contribution in [-0.2, 0) is 9.47 Å². The Morgan fingerprint density at radius 2 is 1.82 bits per heavy atom. The standard InChI is InChI=1S/C16H29NO3.C2H6/c1-15(2,3)9-7-8-13-12-17(10-11-19-13)14(18)20-16(4,5)6;1-2/h7-8,13H,9-12H2,1-6H3;1-2H3/b8-7+;. The largest absolute Gasteiger partial charge is 0.444 e. The molecule has 1 heterocycles. The zero-order chi connectivity index (χ0) is 17.4. The number of carbonyl (C=O) groups excluding carboxylic acids is 1. The fourth-order valence-electron chi connectivity index (χ4n) is 1.86. The van der Waals surface area contributed by atoms with Crippen LogP contribution in [0.4, 0.5) is 4.79 Å². The molecule has 22 heavy (non-hydrogen) atoms. The summed E-state index contributed by atoms with van der Waals surface area (Å²) in [5, 5.41) is 0. The van der Waals surface area contributed by atoms with Crippen LogP contribution in [0.2, 0.25) is 0 Å². The summed E-state index contributed by atoms with van der Waals surface area (Å²) in [7, 11) is 0. The van der Waals surface area contributed by atoms with E-state index in [2.05, 4.69) is 32.9 Å². The van der Waals surface area contributed by atoms with E-state index < -0.39 is 5.60 Å². The van der Waals surface area contributed by atoms with E-state index in [1.165, 1.54) is 0 Å². The maximum atomic E-state index is 12.0. The molecular formula is C18H35NO3. The van der Waals surface area contributed by atoms with Crippen LogP contribution in [-0.4, -0.2) is 42.4 Å². The van der Waals surface area contributed by atoms with Crippen LogP contribution in [0, 0.1) is 5.41 Å². The molecule has 0 N–H and O–H groups in total. The highest BCUT2D eigenvalue weighted by atomic mass is 16.6. The third kappa shape index (κ3) is 9.82. The summed E-state index contributed by atoms with van der Waals surface area (Å²) in [6.45, 7) is 18.0. The molecule has 0 radical (unpaired) electrons. The zero-order valence-electron chi connectivity index (χ0n) is 15.7. The molecular weight excluding hydrogens is 278 g/mol. The Morgan fingerprint density at radius 1 is 1.23 bits per heavy atom. The zero-order valence-corrected chi connectivity index (χ0v) is 15.7. The smallest absolute Gasteiger partial charge is 0.410 e. The second-order valence-corrected chi connectivity index (χ2v) is 7.53. The molecule has 1 unspecified atom stereocenters. The van der Waals surface area contributed by atoms with Gasteiger partial charge >= 0.3 is 6.09 Å². The molecule has 1 atom stereocenters. The Kier molecular flexibility index (Phi) is 8.76. The topological polar surface area (TPSA) is 38.8 Å². The molecule has 0 aromatic carbocycles. The minimum Gasteiger partial charge on any atom is -0.444 e. The van der Waals surface area contributed by atoms with Crippen LogP contribution in [0.1, 0.15) is 61.8 Å². The van der Waals surface area contributed by atoms with E-state index in [1.54, 1.807) is 4.90 Å². The molecule has 0 saturated carbocycles. The highest BCUT2D eigenvalue weighted by Gasteiger charge is 2.27. The fraction of sp³-hybridized carbons (Fsp3) is 0.833. The summed E-state index contributed by atoms with van der Waals surface area (Å²) in [6, 6.07) is 0. The molecule has 1 saturated heterocycles. The van der Waals surface area contributed by atoms with Crippen molar-refractivity contribution in [2.75, 3.05) is 19.7 Å². The number of nitrogens with zero attached hydrogens (tertiary/aromatic N) is 1. The van der Waals surface area contributed by atoms with Crippen molar-refractivity contribution in [2.24, 2.45) is 5.41 Å². The Labute approximate surface area is 136 Å². The Bertz CT molecular complexity index is 350. The second-order valence-electron chi connectivity index (χ2n) is 7.53. The van der Waals surface area contributed by atoms with Crippen LogP contribution in [0.5, 0.6) is 0 Å². The van der Waals surface area contributed by atoms with Gasteiger partial charge in [-0.2, -0.15) is 0 Å². The first-order chi connectivity index (χ1) is 10.1. The number of hydrogen-bond donors (Lipinski definition) is 0. The van der Waals surface area contributed by atoms with Crippen LogP contribution in [0.15, 0.2) is 12.2 Å². The first-order valence-electron chi connectivity index (χ1n) is 8.33. The van der Waals surface area contributed by atoms with Crippen molar-refractivity contribution in [3.8, 4) is 0 Å². The molecule has 4 nitrogen and oxygen atoms in total. The van der Waals surface area contributed by atoms with E-state index in [4.69, 9.17) is 9.47 Å². The highest BCUT2D eigenvalue weighted by Crippen LogP contribution is 2.19. The highest BCUT2D eigenvalue weighted by molar-refractivity contribution is 5.68. The Balaban J connectivity index is 0.00000211. The van der Waals surface area contributed by atoms with E-state index in [-0.39, 0.29) is 17.6 Å². The maximum Gasteiger partial charge on any atom is 0.410 e. The molecule has 1 aliphatic rings. The lowest BCUT2D eigenvalue weighted by molar-refractivity contribution is -0.0264. The number of hydrogen-bond acceptors (Lipinski definition) is 3. The van der Waals surface area contributed by atoms with Gasteiger partial charge in [-0.3, -0.25) is 0 Å². The van der Waals surface area contributed by atoms with Crippen molar-refractivity contribution in [1.29, 1.82) is 0 Å². The van der Waals surface area contributed by atoms with Gasteiger partial charge in [-0.1, -0.05) is 46.8 Å². The van der Waals surface area contributed by atoms with Crippen LogP contribution < -0.4 is 0 Å². The summed E-state index contributed by atoms with van der Waals surface area (Å²) in [5.74, 6) is 0. The Hall–Kier alpha value is -1.03. The van der Waals surface area contributed by atoms with Crippen molar-refractivity contribution in [3.63, 3.8) is 0 Å². The number of rotatable bonds is 2. The molecule has 1 amide bonds. The van der Waals surface area contributed by atoms with Gasteiger partial charge < -0.3 is 14.4 Å². The number of ether oxygens (including phenoxy) is 2. The summed E-state index contributed by atoms with van der Waals surface area (Å²) in [4.78, 5) is 13.7. The van der Waals surface area contributed by atoms with Gasteiger partial charge in [-0.25, -0.2) is 4.79 Å². The van der Waals surface area contributed by atoms with E-state index >= 15 is 0 Å². The van der Waals surface area contributed by atoms with E-state index in [1.807, 2.05) is 34.6 Å². The molecule has 0 spiro atoms. The van der Waals surface area contributed by atoms with Gasteiger partial charge in [0.25, 0.3) is 0 Å². The van der Waals surface area contributed by atoms with E-state index in [9.17, 15) is 4.79 Å². The van der Waals surface area contributed by atoms with Crippen molar-refractivity contribution in [2.45, 2.75) is 73.5 Å². The molecule has 1 aliphatic heterocycles. The summed E-state index contributed by atoms with van der Waals surface area (Å²) >= 11 is 0. The SMILES string of the molecule is CC.CC(C)(C)C/C=C/C1CN(C(=O)OC(C)(C)C)CCO1. The van der Waals surface area contributed by atoms with Crippen LogP contribution in [0.3, 0.4) is 0 Å². The number of amides is 1. The first kappa shape index (κ1) is 21.0. The average Bonchev–Trinajstić information content (AvgIpc) is 2.38. The van der Waals surface area contributed by atoms with E-state index in [0.29, 0.717) is 19.7 Å². The number of morpholine rings is 1. The minimum absolute atomic E-state index is 0.0291. The third-order valence-corrected chi connectivity index (χ3v) is 2.83. The van der Waals surface area contributed by atoms with Gasteiger partial charge in [0.1, 0.15) is 5.60 Å². The van der Waals surface area contributed by atoms with Crippen molar-refractivity contribution >= 4 is 6.09 Å². The predicted octanol–water partition coefficient (Wildman–Crippen LogP) is 4.64. The summed E-state index contributed by atoms with van der Waals surface area (Å²) in [5.41, 5.74) is -0.178. The average molecular weight is 313 g/mol. The Morgan fingerprint density at radius 3 is 2.32 bits per heavy atom. The predicted molar refractivity (Wildman–Crippen MR) is 92.1 cm³/mol. The van der Waals surface area contributed by atoms with Crippen LogP contribution in [0.25, 0.3) is 0 Å². The summed E-state index contributed by atoms with van der Waals surface area (Å²) < 4.78 is 11.1. The van der Waals surface area contributed by atoms with E-state index in [0.717, 1.165) is 6.42 Å². The first-order valence-corrected chi connectivity index (χ1v) is 8.33. The van der Waals surface area contributed by atoms with Gasteiger partial charge in [0, 0.05) is 6.54 Å². The van der Waals surface area contributed by atoms with Crippen molar-refractivity contribution < 1.29 is 14.3 Å². The molecule has 0 aromatic heterocycles. The van der Waals surface area contributed by atoms with Gasteiger partial charge in [-0.05, 0) is 32.6 Å². The lowest BCUT2D eigenvalue weighted by atomic mass is 9.92. The van der Waals surface area contributed by atoms with Crippen LogP contribution >= 0.6 is 0 Å². The van der Waals surface area contributed by atoms with Crippen molar-refractivity contribution in [3.05, 3.63) is 12.2 Å². The minimum atomic E-state index is -0.451. The van der Waals surface area contributed by atoms with Crippen molar-refractivity contribution in [1.82, 2.24) is 4.90 Å². The molecule has 0 bridgehead atoms. The monoisotopic (exact) mass is 313 g/mol. The lowest BCUT2D eigenvalue weighted by Gasteiger charge is -2.33. The van der Waals surface area contributed by atoms with Gasteiger partial charge in [0.05, 0.1) is 19.3 Å². The molecule has 1 fully saturated rings. The molecule has 1 rings (SSSR count). The quantitative estimate of drug-likeness (QED) is 0.697. The van der Waals surface area contributed by atoms with Gasteiger partial charge in [-0.15, -0.1) is 0 Å². The number of carbonyl (C=O) groups is 1. The van der Waals surface area contributed by atoms with Gasteiger partial charge in [0.2, 0.25) is 0 Å². The molecule has 130 valence electrons. The normalized spacial score (nSPS) is 19.6. The maximum absolute atomic E-state index is 12.0. The second kappa shape index (κ2) is 9.19.